The Morgan fingerprint density at radius 1 is 1.41 bits per heavy atom. The molecule has 1 amide bonds. The quantitative estimate of drug-likeness (QED) is 0.597. The van der Waals surface area contributed by atoms with Crippen LogP contribution in [-0.4, -0.2) is 52.0 Å². The van der Waals surface area contributed by atoms with Gasteiger partial charge in [-0.3, -0.25) is 4.79 Å². The first kappa shape index (κ1) is 14.4. The zero-order valence-corrected chi connectivity index (χ0v) is 10.8. The summed E-state index contributed by atoms with van der Waals surface area (Å²) in [5.41, 5.74) is 0. The van der Waals surface area contributed by atoms with Crippen molar-refractivity contribution in [2.75, 3.05) is 40.0 Å². The molecule has 1 heterocycles. The van der Waals surface area contributed by atoms with Gasteiger partial charge in [0, 0.05) is 19.2 Å². The van der Waals surface area contributed by atoms with Gasteiger partial charge in [0.25, 0.3) is 0 Å². The van der Waals surface area contributed by atoms with Crippen LogP contribution in [0.5, 0.6) is 0 Å². The molecule has 1 aliphatic rings. The highest BCUT2D eigenvalue weighted by molar-refractivity contribution is 5.79. The normalized spacial score (nSPS) is 23.9. The van der Waals surface area contributed by atoms with E-state index in [1.807, 2.05) is 7.05 Å². The highest BCUT2D eigenvalue weighted by Gasteiger charge is 2.32. The van der Waals surface area contributed by atoms with Crippen LogP contribution in [0, 0.1) is 5.92 Å². The lowest BCUT2D eigenvalue weighted by Gasteiger charge is -2.16. The second-order valence-electron chi connectivity index (χ2n) is 4.30. The van der Waals surface area contributed by atoms with Crippen LogP contribution in [0.4, 0.5) is 0 Å². The molecule has 5 nitrogen and oxygen atoms in total. The molecule has 2 N–H and O–H groups in total. The third-order valence-electron chi connectivity index (χ3n) is 2.98. The maximum Gasteiger partial charge on any atom is 0.227 e. The van der Waals surface area contributed by atoms with Gasteiger partial charge in [0.2, 0.25) is 5.91 Å². The van der Waals surface area contributed by atoms with E-state index in [0.717, 1.165) is 19.4 Å². The van der Waals surface area contributed by atoms with E-state index in [1.165, 1.54) is 0 Å². The maximum absolute atomic E-state index is 11.8. The van der Waals surface area contributed by atoms with Gasteiger partial charge in [-0.05, 0) is 13.5 Å². The van der Waals surface area contributed by atoms with Crippen molar-refractivity contribution < 1.29 is 14.3 Å². The summed E-state index contributed by atoms with van der Waals surface area (Å²) < 4.78 is 10.7. The van der Waals surface area contributed by atoms with Gasteiger partial charge < -0.3 is 20.1 Å². The Morgan fingerprint density at radius 2 is 2.24 bits per heavy atom. The molecule has 1 rings (SSSR count). The van der Waals surface area contributed by atoms with Gasteiger partial charge in [-0.2, -0.15) is 0 Å². The molecule has 0 aliphatic carbocycles. The second-order valence-corrected chi connectivity index (χ2v) is 4.30. The largest absolute Gasteiger partial charge is 0.380 e. The first-order valence-electron chi connectivity index (χ1n) is 6.40. The van der Waals surface area contributed by atoms with Crippen molar-refractivity contribution in [3.8, 4) is 0 Å². The van der Waals surface area contributed by atoms with Gasteiger partial charge in [-0.25, -0.2) is 0 Å². The smallest absolute Gasteiger partial charge is 0.227 e. The van der Waals surface area contributed by atoms with Crippen molar-refractivity contribution in [2.45, 2.75) is 25.8 Å². The van der Waals surface area contributed by atoms with Crippen LogP contribution >= 0.6 is 0 Å². The Balaban J connectivity index is 2.08. The molecule has 1 aliphatic heterocycles. The topological polar surface area (TPSA) is 59.6 Å². The van der Waals surface area contributed by atoms with Gasteiger partial charge in [-0.1, -0.05) is 13.3 Å². The Kier molecular flexibility index (Phi) is 7.16. The van der Waals surface area contributed by atoms with Crippen LogP contribution in [0.2, 0.25) is 0 Å². The Labute approximate surface area is 103 Å². The van der Waals surface area contributed by atoms with E-state index in [-0.39, 0.29) is 17.9 Å². The SMILES string of the molecule is CCCCOCCNC(=O)C1COCC1NC. The highest BCUT2D eigenvalue weighted by atomic mass is 16.5. The molecule has 0 saturated carbocycles. The standard InChI is InChI=1S/C12H24N2O3/c1-3-4-6-16-7-5-14-12(15)10-8-17-9-11(10)13-2/h10-11,13H,3-9H2,1-2H3,(H,14,15). The maximum atomic E-state index is 11.8. The van der Waals surface area contributed by atoms with Gasteiger partial charge in [0.1, 0.15) is 0 Å². The predicted octanol–water partition coefficient (Wildman–Crippen LogP) is 0.154. The first-order valence-corrected chi connectivity index (χ1v) is 6.40. The lowest BCUT2D eigenvalue weighted by Crippen LogP contribution is -2.43. The van der Waals surface area contributed by atoms with Crippen LogP contribution in [-0.2, 0) is 14.3 Å². The van der Waals surface area contributed by atoms with Gasteiger partial charge in [0.05, 0.1) is 25.7 Å². The summed E-state index contributed by atoms with van der Waals surface area (Å²) in [6, 6.07) is 0.135. The van der Waals surface area contributed by atoms with Crippen LogP contribution in [0.3, 0.4) is 0 Å². The number of carbonyl (C=O) groups is 1. The van der Waals surface area contributed by atoms with Crippen molar-refractivity contribution in [3.63, 3.8) is 0 Å². The van der Waals surface area contributed by atoms with Gasteiger partial charge in [0.15, 0.2) is 0 Å². The lowest BCUT2D eigenvalue weighted by atomic mass is 10.0. The molecule has 2 atom stereocenters. The van der Waals surface area contributed by atoms with Gasteiger partial charge >= 0.3 is 0 Å². The fourth-order valence-electron chi connectivity index (χ4n) is 1.82. The van der Waals surface area contributed by atoms with E-state index in [9.17, 15) is 4.79 Å². The molecule has 2 unspecified atom stereocenters. The van der Waals surface area contributed by atoms with Crippen LogP contribution < -0.4 is 10.6 Å². The lowest BCUT2D eigenvalue weighted by molar-refractivity contribution is -0.125. The third kappa shape index (κ3) is 5.02. The molecule has 1 saturated heterocycles. The summed E-state index contributed by atoms with van der Waals surface area (Å²) >= 11 is 0. The van der Waals surface area contributed by atoms with E-state index in [4.69, 9.17) is 9.47 Å². The van der Waals surface area contributed by atoms with Crippen LogP contribution in [0.25, 0.3) is 0 Å². The summed E-state index contributed by atoms with van der Waals surface area (Å²) in [6.07, 6.45) is 2.21. The Bertz CT molecular complexity index is 224. The zero-order valence-electron chi connectivity index (χ0n) is 10.8. The van der Waals surface area contributed by atoms with Crippen molar-refractivity contribution >= 4 is 5.91 Å². The fourth-order valence-corrected chi connectivity index (χ4v) is 1.82. The number of unbranched alkanes of at least 4 members (excludes halogenated alkanes) is 1. The summed E-state index contributed by atoms with van der Waals surface area (Å²) in [5, 5.41) is 5.98. The zero-order chi connectivity index (χ0) is 12.5. The molecule has 100 valence electrons. The van der Waals surface area contributed by atoms with Crippen molar-refractivity contribution in [1.29, 1.82) is 0 Å². The number of hydrogen-bond acceptors (Lipinski definition) is 4. The molecule has 0 radical (unpaired) electrons. The van der Waals surface area contributed by atoms with Gasteiger partial charge in [-0.15, -0.1) is 0 Å². The number of hydrogen-bond donors (Lipinski definition) is 2. The molecule has 5 heteroatoms. The molecule has 17 heavy (non-hydrogen) atoms. The molecular formula is C12H24N2O3. The Hall–Kier alpha value is -0.650. The van der Waals surface area contributed by atoms with Crippen LogP contribution in [0.1, 0.15) is 19.8 Å². The van der Waals surface area contributed by atoms with E-state index in [0.29, 0.717) is 26.4 Å². The van der Waals surface area contributed by atoms with Crippen molar-refractivity contribution in [3.05, 3.63) is 0 Å². The number of likely N-dealkylation sites (N-methyl/N-ethyl adjacent to an activating group) is 1. The molecule has 0 aromatic rings. The monoisotopic (exact) mass is 244 g/mol. The number of nitrogens with one attached hydrogen (secondary N) is 2. The number of ether oxygens (including phenoxy) is 2. The van der Waals surface area contributed by atoms with Crippen LogP contribution in [0.15, 0.2) is 0 Å². The average molecular weight is 244 g/mol. The number of amides is 1. The fraction of sp³-hybridized carbons (Fsp3) is 0.917. The minimum Gasteiger partial charge on any atom is -0.380 e. The number of carbonyl (C=O) groups excluding carboxylic acids is 1. The highest BCUT2D eigenvalue weighted by Crippen LogP contribution is 2.13. The summed E-state index contributed by atoms with van der Waals surface area (Å²) in [7, 11) is 1.85. The minimum absolute atomic E-state index is 0.0564. The summed E-state index contributed by atoms with van der Waals surface area (Å²) in [4.78, 5) is 11.8. The molecular weight excluding hydrogens is 220 g/mol. The number of rotatable bonds is 8. The average Bonchev–Trinajstić information content (AvgIpc) is 2.81. The van der Waals surface area contributed by atoms with Crippen molar-refractivity contribution in [1.82, 2.24) is 10.6 Å². The van der Waals surface area contributed by atoms with E-state index >= 15 is 0 Å². The molecule has 0 aromatic heterocycles. The molecule has 0 bridgehead atoms. The van der Waals surface area contributed by atoms with E-state index < -0.39 is 0 Å². The predicted molar refractivity (Wildman–Crippen MR) is 65.9 cm³/mol. The summed E-state index contributed by atoms with van der Waals surface area (Å²) in [6.45, 7) is 5.19. The summed E-state index contributed by atoms with van der Waals surface area (Å²) in [5.74, 6) is -0.0171. The van der Waals surface area contributed by atoms with Crippen molar-refractivity contribution in [2.24, 2.45) is 5.92 Å². The minimum atomic E-state index is -0.0735. The Morgan fingerprint density at radius 3 is 2.94 bits per heavy atom. The van der Waals surface area contributed by atoms with E-state index in [1.54, 1.807) is 0 Å². The molecule has 1 fully saturated rings. The second kappa shape index (κ2) is 8.44. The third-order valence-corrected chi connectivity index (χ3v) is 2.98. The van der Waals surface area contributed by atoms with E-state index in [2.05, 4.69) is 17.6 Å². The molecule has 0 spiro atoms. The molecule has 0 aromatic carbocycles. The first-order chi connectivity index (χ1) is 8.29.